The molecule has 0 saturated carbocycles. The van der Waals surface area contributed by atoms with Gasteiger partial charge in [0.25, 0.3) is 0 Å². The topological polar surface area (TPSA) is 50.4 Å². The Bertz CT molecular complexity index is 442. The summed E-state index contributed by atoms with van der Waals surface area (Å²) in [6.45, 7) is 0. The third-order valence-corrected chi connectivity index (χ3v) is 1.93. The second kappa shape index (κ2) is 2.94. The maximum atomic E-state index is 10.5. The van der Waals surface area contributed by atoms with Gasteiger partial charge >= 0.3 is 5.97 Å². The lowest BCUT2D eigenvalue weighted by Crippen LogP contribution is -1.99. The molecule has 2 rings (SSSR count). The highest BCUT2D eigenvalue weighted by molar-refractivity contribution is 5.85. The molecule has 13 heavy (non-hydrogen) atoms. The SMILES string of the molecule is O=[14C](O)Cc1cccc2occc12. The summed E-state index contributed by atoms with van der Waals surface area (Å²) in [5.41, 5.74) is 1.53. The van der Waals surface area contributed by atoms with Gasteiger partial charge in [0, 0.05) is 5.39 Å². The van der Waals surface area contributed by atoms with Crippen LogP contribution < -0.4 is 0 Å². The number of furan rings is 1. The van der Waals surface area contributed by atoms with E-state index >= 15 is 0 Å². The molecule has 0 aliphatic rings. The van der Waals surface area contributed by atoms with E-state index < -0.39 is 5.97 Å². The third-order valence-electron chi connectivity index (χ3n) is 1.93. The Labute approximate surface area is 74.6 Å². The molecule has 0 fully saturated rings. The first-order valence-electron chi connectivity index (χ1n) is 3.94. The molecule has 0 saturated heterocycles. The average molecular weight is 178 g/mol. The molecule has 0 amide bonds. The molecule has 0 aliphatic carbocycles. The summed E-state index contributed by atoms with van der Waals surface area (Å²) in [4.78, 5) is 10.5. The first kappa shape index (κ1) is 7.86. The monoisotopic (exact) mass is 178 g/mol. The summed E-state index contributed by atoms with van der Waals surface area (Å²) in [6.07, 6.45) is 1.60. The van der Waals surface area contributed by atoms with Gasteiger partial charge in [-0.05, 0) is 17.7 Å². The van der Waals surface area contributed by atoms with E-state index in [0.717, 1.165) is 16.5 Å². The van der Waals surface area contributed by atoms with Gasteiger partial charge in [0.1, 0.15) is 5.58 Å². The normalized spacial score (nSPS) is 10.5. The first-order valence-corrected chi connectivity index (χ1v) is 3.94. The Hall–Kier alpha value is -1.77. The highest BCUT2D eigenvalue weighted by Crippen LogP contribution is 2.19. The lowest BCUT2D eigenvalue weighted by molar-refractivity contribution is -0.136. The fraction of sp³-hybridized carbons (Fsp3) is 0.100. The fourth-order valence-electron chi connectivity index (χ4n) is 1.37. The van der Waals surface area contributed by atoms with Crippen LogP contribution in [-0.2, 0) is 11.2 Å². The Morgan fingerprint density at radius 2 is 2.23 bits per heavy atom. The molecule has 3 heteroatoms. The zero-order valence-corrected chi connectivity index (χ0v) is 6.86. The number of aliphatic carboxylic acids is 1. The summed E-state index contributed by atoms with van der Waals surface area (Å²) in [6, 6.07) is 7.20. The van der Waals surface area contributed by atoms with Gasteiger partial charge in [0.15, 0.2) is 0 Å². The van der Waals surface area contributed by atoms with E-state index in [1.165, 1.54) is 0 Å². The van der Waals surface area contributed by atoms with Crippen molar-refractivity contribution in [2.75, 3.05) is 0 Å². The van der Waals surface area contributed by atoms with Crippen LogP contribution >= 0.6 is 0 Å². The number of carbonyl (C=O) groups is 1. The highest BCUT2D eigenvalue weighted by Gasteiger charge is 2.06. The predicted octanol–water partition coefficient (Wildman–Crippen LogP) is 2.06. The molecule has 2 aromatic rings. The van der Waals surface area contributed by atoms with E-state index in [0.29, 0.717) is 0 Å². The largest absolute Gasteiger partial charge is 0.481 e. The minimum absolute atomic E-state index is 0.0386. The van der Waals surface area contributed by atoms with Gasteiger partial charge in [0.2, 0.25) is 0 Å². The minimum Gasteiger partial charge on any atom is -0.481 e. The minimum atomic E-state index is -0.825. The summed E-state index contributed by atoms with van der Waals surface area (Å²) in [5.74, 6) is -0.825. The first-order chi connectivity index (χ1) is 6.27. The molecule has 0 spiro atoms. The molecule has 1 heterocycles. The molecule has 0 bridgehead atoms. The van der Waals surface area contributed by atoms with Crippen molar-refractivity contribution in [3.8, 4) is 0 Å². The second-order valence-corrected chi connectivity index (χ2v) is 2.82. The second-order valence-electron chi connectivity index (χ2n) is 2.82. The van der Waals surface area contributed by atoms with Crippen LogP contribution in [0.2, 0.25) is 0 Å². The molecule has 0 atom stereocenters. The van der Waals surface area contributed by atoms with Crippen LogP contribution in [-0.4, -0.2) is 11.1 Å². The van der Waals surface area contributed by atoms with E-state index in [1.54, 1.807) is 24.5 Å². The number of fused-ring (bicyclic) bond motifs is 1. The van der Waals surface area contributed by atoms with Crippen molar-refractivity contribution in [3.05, 3.63) is 36.1 Å². The van der Waals surface area contributed by atoms with Gasteiger partial charge in [-0.3, -0.25) is 4.79 Å². The molecule has 3 nitrogen and oxygen atoms in total. The van der Waals surface area contributed by atoms with Crippen LogP contribution in [0.25, 0.3) is 11.0 Å². The number of carboxylic acid groups (broad SMARTS) is 1. The Morgan fingerprint density at radius 1 is 1.38 bits per heavy atom. The third kappa shape index (κ3) is 1.40. The number of hydrogen-bond donors (Lipinski definition) is 1. The average Bonchev–Trinajstić information content (AvgIpc) is 2.51. The van der Waals surface area contributed by atoms with E-state index in [1.807, 2.05) is 6.07 Å². The molecule has 1 aromatic carbocycles. The summed E-state index contributed by atoms with van der Waals surface area (Å²) < 4.78 is 5.15. The zero-order valence-electron chi connectivity index (χ0n) is 6.86. The van der Waals surface area contributed by atoms with Crippen LogP contribution in [0.15, 0.2) is 34.9 Å². The van der Waals surface area contributed by atoms with Crippen molar-refractivity contribution in [3.63, 3.8) is 0 Å². The van der Waals surface area contributed by atoms with Crippen LogP contribution in [0.1, 0.15) is 5.56 Å². The maximum Gasteiger partial charge on any atom is 0.307 e. The van der Waals surface area contributed by atoms with Crippen molar-refractivity contribution in [1.82, 2.24) is 0 Å². The lowest BCUT2D eigenvalue weighted by atomic mass is 10.1. The van der Waals surface area contributed by atoms with E-state index in [4.69, 9.17) is 9.52 Å². The molecule has 1 aromatic heterocycles. The maximum absolute atomic E-state index is 10.5. The van der Waals surface area contributed by atoms with Crippen molar-refractivity contribution in [2.45, 2.75) is 6.42 Å². The highest BCUT2D eigenvalue weighted by atomic mass is 16.6. The molecule has 66 valence electrons. The molecule has 1 N–H and O–H groups in total. The fourth-order valence-corrected chi connectivity index (χ4v) is 1.37. The van der Waals surface area contributed by atoms with Crippen LogP contribution in [0.5, 0.6) is 0 Å². The van der Waals surface area contributed by atoms with E-state index in [9.17, 15) is 4.79 Å². The van der Waals surface area contributed by atoms with E-state index in [-0.39, 0.29) is 6.42 Å². The van der Waals surface area contributed by atoms with Crippen LogP contribution in [0, 0.1) is 0 Å². The summed E-state index contributed by atoms with van der Waals surface area (Å²) in [5, 5.41) is 9.51. The lowest BCUT2D eigenvalue weighted by Gasteiger charge is -1.97. The van der Waals surface area contributed by atoms with Gasteiger partial charge in [-0.25, -0.2) is 0 Å². The smallest absolute Gasteiger partial charge is 0.307 e. The van der Waals surface area contributed by atoms with Gasteiger partial charge in [-0.2, -0.15) is 0 Å². The molecular formula is C10H8O3. The standard InChI is InChI=1S/C10H8O3/c11-10(12)6-7-2-1-3-9-8(7)4-5-13-9/h1-5H,6H2,(H,11,12)/i10+2. The quantitative estimate of drug-likeness (QED) is 0.765. The van der Waals surface area contributed by atoms with Crippen LogP contribution in [0.3, 0.4) is 0 Å². The van der Waals surface area contributed by atoms with Gasteiger partial charge in [0.05, 0.1) is 12.7 Å². The molecule has 0 aliphatic heterocycles. The molecule has 0 unspecified atom stereocenters. The Balaban J connectivity index is 2.54. The Morgan fingerprint density at radius 3 is 3.00 bits per heavy atom. The predicted molar refractivity (Wildman–Crippen MR) is 47.6 cm³/mol. The van der Waals surface area contributed by atoms with Crippen molar-refractivity contribution in [2.24, 2.45) is 0 Å². The zero-order chi connectivity index (χ0) is 9.26. The van der Waals surface area contributed by atoms with Gasteiger partial charge in [-0.15, -0.1) is 0 Å². The van der Waals surface area contributed by atoms with Crippen LogP contribution in [0.4, 0.5) is 0 Å². The van der Waals surface area contributed by atoms with Crippen molar-refractivity contribution >= 4 is 16.9 Å². The van der Waals surface area contributed by atoms with Gasteiger partial charge in [-0.1, -0.05) is 12.1 Å². The molecule has 0 radical (unpaired) electrons. The van der Waals surface area contributed by atoms with Crippen molar-refractivity contribution < 1.29 is 14.3 Å². The summed E-state index contributed by atoms with van der Waals surface area (Å²) in [7, 11) is 0. The molecular weight excluding hydrogens is 170 g/mol. The number of benzene rings is 1. The Kier molecular flexibility index (Phi) is 1.77. The summed E-state index contributed by atoms with van der Waals surface area (Å²) >= 11 is 0. The van der Waals surface area contributed by atoms with Crippen molar-refractivity contribution in [1.29, 1.82) is 0 Å². The number of rotatable bonds is 2. The van der Waals surface area contributed by atoms with Gasteiger partial charge < -0.3 is 9.52 Å². The number of hydrogen-bond acceptors (Lipinski definition) is 2. The number of carboxylic acids is 1. The van der Waals surface area contributed by atoms with E-state index in [2.05, 4.69) is 0 Å².